The van der Waals surface area contributed by atoms with Crippen LogP contribution in [0.2, 0.25) is 0 Å². The van der Waals surface area contributed by atoms with E-state index in [1.807, 2.05) is 0 Å². The molecule has 2 heterocycles. The smallest absolute Gasteiger partial charge is 0.266 e. The molecule has 0 spiro atoms. The zero-order chi connectivity index (χ0) is 16.0. The third kappa shape index (κ3) is 1.84. The van der Waals surface area contributed by atoms with Crippen LogP contribution in [0, 0.1) is 0 Å². The number of imide groups is 2. The predicted octanol–water partition coefficient (Wildman–Crippen LogP) is -0.321. The third-order valence-electron chi connectivity index (χ3n) is 3.81. The highest BCUT2D eigenvalue weighted by Gasteiger charge is 2.46. The van der Waals surface area contributed by atoms with Gasteiger partial charge in [0, 0.05) is 12.1 Å². The topological polar surface area (TPSA) is 119 Å². The van der Waals surface area contributed by atoms with Crippen molar-refractivity contribution in [2.45, 2.75) is 18.9 Å². The molecule has 2 aliphatic heterocycles. The molecule has 22 heavy (non-hydrogen) atoms. The second-order valence-electron chi connectivity index (χ2n) is 5.05. The van der Waals surface area contributed by atoms with Crippen molar-refractivity contribution in [3.8, 4) is 5.75 Å². The van der Waals surface area contributed by atoms with Gasteiger partial charge in [-0.1, -0.05) is 0 Å². The first-order valence-electron chi connectivity index (χ1n) is 6.63. The number of amides is 4. The maximum Gasteiger partial charge on any atom is 0.266 e. The first-order chi connectivity index (χ1) is 10.5. The van der Waals surface area contributed by atoms with Gasteiger partial charge in [-0.2, -0.15) is 0 Å². The summed E-state index contributed by atoms with van der Waals surface area (Å²) in [5, 5.41) is 2.13. The monoisotopic (exact) mass is 303 g/mol. The molecule has 2 aliphatic rings. The molecule has 1 aromatic rings. The molecule has 1 aromatic carbocycles. The summed E-state index contributed by atoms with van der Waals surface area (Å²) in [4.78, 5) is 49.1. The molecule has 0 saturated carbocycles. The minimum absolute atomic E-state index is 0.0362. The van der Waals surface area contributed by atoms with Gasteiger partial charge >= 0.3 is 0 Å². The average Bonchev–Trinajstić information content (AvgIpc) is 2.73. The van der Waals surface area contributed by atoms with E-state index in [0.29, 0.717) is 0 Å². The number of nitrogen functional groups attached to an aromatic ring is 1. The molecule has 1 atom stereocenters. The molecule has 0 aliphatic carbocycles. The largest absolute Gasteiger partial charge is 0.496 e. The molecule has 1 fully saturated rings. The highest BCUT2D eigenvalue weighted by Crippen LogP contribution is 2.36. The molecule has 8 heteroatoms. The van der Waals surface area contributed by atoms with Crippen LogP contribution in [0.3, 0.4) is 0 Å². The van der Waals surface area contributed by atoms with E-state index in [9.17, 15) is 19.2 Å². The lowest BCUT2D eigenvalue weighted by atomic mass is 10.0. The van der Waals surface area contributed by atoms with Gasteiger partial charge in [0.15, 0.2) is 0 Å². The highest BCUT2D eigenvalue weighted by molar-refractivity contribution is 6.26. The number of carbonyl (C=O) groups is 4. The standard InChI is InChI=1S/C14H13N3O5/c1-22-8-4-2-6(15)10-11(8)14(21)17(13(10)20)7-3-5-9(18)16-12(7)19/h2,4,7H,3,5,15H2,1H3,(H,16,18,19). The number of benzene rings is 1. The third-order valence-corrected chi connectivity index (χ3v) is 3.81. The van der Waals surface area contributed by atoms with Gasteiger partial charge < -0.3 is 10.5 Å². The number of anilines is 1. The molecule has 0 radical (unpaired) electrons. The predicted molar refractivity (Wildman–Crippen MR) is 74.1 cm³/mol. The number of nitrogens with one attached hydrogen (secondary N) is 1. The van der Waals surface area contributed by atoms with Gasteiger partial charge in [-0.3, -0.25) is 29.4 Å². The summed E-state index contributed by atoms with van der Waals surface area (Å²) in [5.41, 5.74) is 6.02. The van der Waals surface area contributed by atoms with Crippen LogP contribution in [-0.4, -0.2) is 41.7 Å². The second kappa shape index (κ2) is 4.83. The number of fused-ring (bicyclic) bond motifs is 1. The van der Waals surface area contributed by atoms with E-state index in [-0.39, 0.29) is 35.4 Å². The van der Waals surface area contributed by atoms with Crippen molar-refractivity contribution in [2.75, 3.05) is 12.8 Å². The summed E-state index contributed by atoms with van der Waals surface area (Å²) in [7, 11) is 1.37. The maximum atomic E-state index is 12.6. The van der Waals surface area contributed by atoms with Crippen molar-refractivity contribution in [1.82, 2.24) is 10.2 Å². The Labute approximate surface area is 125 Å². The molecular weight excluding hydrogens is 290 g/mol. The van der Waals surface area contributed by atoms with Crippen LogP contribution in [0.15, 0.2) is 12.1 Å². The molecular formula is C14H13N3O5. The Balaban J connectivity index is 2.05. The molecule has 1 saturated heterocycles. The van der Waals surface area contributed by atoms with Crippen molar-refractivity contribution >= 4 is 29.3 Å². The van der Waals surface area contributed by atoms with E-state index in [4.69, 9.17) is 10.5 Å². The number of nitrogens with zero attached hydrogens (tertiary/aromatic N) is 1. The van der Waals surface area contributed by atoms with Crippen molar-refractivity contribution in [2.24, 2.45) is 0 Å². The normalized spacial score (nSPS) is 21.0. The Bertz CT molecular complexity index is 727. The minimum atomic E-state index is -1.02. The van der Waals surface area contributed by atoms with Crippen LogP contribution in [0.5, 0.6) is 5.75 Å². The van der Waals surface area contributed by atoms with E-state index in [0.717, 1.165) is 4.90 Å². The Morgan fingerprint density at radius 1 is 1.18 bits per heavy atom. The number of piperidine rings is 1. The van der Waals surface area contributed by atoms with Gasteiger partial charge in [0.05, 0.1) is 18.2 Å². The van der Waals surface area contributed by atoms with Gasteiger partial charge in [-0.05, 0) is 18.6 Å². The van der Waals surface area contributed by atoms with E-state index in [2.05, 4.69) is 5.32 Å². The van der Waals surface area contributed by atoms with Crippen LogP contribution < -0.4 is 15.8 Å². The van der Waals surface area contributed by atoms with E-state index >= 15 is 0 Å². The Kier molecular flexibility index (Phi) is 3.09. The molecule has 3 rings (SSSR count). The SMILES string of the molecule is COc1ccc(N)c2c1C(=O)N(C1CCC(=O)NC1=O)C2=O. The first-order valence-corrected chi connectivity index (χ1v) is 6.63. The molecule has 0 bridgehead atoms. The van der Waals surface area contributed by atoms with Gasteiger partial charge in [0.2, 0.25) is 11.8 Å². The van der Waals surface area contributed by atoms with Crippen molar-refractivity contribution in [3.05, 3.63) is 23.3 Å². The zero-order valence-electron chi connectivity index (χ0n) is 11.7. The first kappa shape index (κ1) is 14.1. The lowest BCUT2D eigenvalue weighted by molar-refractivity contribution is -0.136. The number of ether oxygens (including phenoxy) is 1. The average molecular weight is 303 g/mol. The van der Waals surface area contributed by atoms with Gasteiger partial charge in [0.25, 0.3) is 11.8 Å². The molecule has 3 N–H and O–H groups in total. The van der Waals surface area contributed by atoms with E-state index in [1.165, 1.54) is 19.2 Å². The fraction of sp³-hybridized carbons (Fsp3) is 0.286. The van der Waals surface area contributed by atoms with Gasteiger partial charge in [0.1, 0.15) is 11.8 Å². The molecule has 114 valence electrons. The zero-order valence-corrected chi connectivity index (χ0v) is 11.7. The van der Waals surface area contributed by atoms with Crippen molar-refractivity contribution in [3.63, 3.8) is 0 Å². The van der Waals surface area contributed by atoms with Crippen LogP contribution in [0.25, 0.3) is 0 Å². The summed E-state index contributed by atoms with van der Waals surface area (Å²) in [5.74, 6) is -2.15. The van der Waals surface area contributed by atoms with E-state index < -0.39 is 29.7 Å². The molecule has 4 amide bonds. The number of rotatable bonds is 2. The quantitative estimate of drug-likeness (QED) is 0.571. The van der Waals surface area contributed by atoms with Crippen molar-refractivity contribution < 1.29 is 23.9 Å². The van der Waals surface area contributed by atoms with Crippen LogP contribution in [-0.2, 0) is 9.59 Å². The Hall–Kier alpha value is -2.90. The number of hydrogen-bond acceptors (Lipinski definition) is 6. The minimum Gasteiger partial charge on any atom is -0.496 e. The van der Waals surface area contributed by atoms with Crippen molar-refractivity contribution in [1.29, 1.82) is 0 Å². The summed E-state index contributed by atoms with van der Waals surface area (Å²) in [6.45, 7) is 0. The van der Waals surface area contributed by atoms with Gasteiger partial charge in [-0.15, -0.1) is 0 Å². The molecule has 8 nitrogen and oxygen atoms in total. The number of nitrogens with two attached hydrogens (primary N) is 1. The molecule has 0 aromatic heterocycles. The molecule has 1 unspecified atom stereocenters. The summed E-state index contributed by atoms with van der Waals surface area (Å²) in [6.07, 6.45) is 0.161. The summed E-state index contributed by atoms with van der Waals surface area (Å²) < 4.78 is 5.10. The summed E-state index contributed by atoms with van der Waals surface area (Å²) in [6, 6.07) is 1.94. The van der Waals surface area contributed by atoms with Gasteiger partial charge in [-0.25, -0.2) is 0 Å². The highest BCUT2D eigenvalue weighted by atomic mass is 16.5. The lowest BCUT2D eigenvalue weighted by Gasteiger charge is -2.27. The Morgan fingerprint density at radius 3 is 2.50 bits per heavy atom. The van der Waals surface area contributed by atoms with Crippen LogP contribution in [0.1, 0.15) is 33.6 Å². The summed E-state index contributed by atoms with van der Waals surface area (Å²) >= 11 is 0. The Morgan fingerprint density at radius 2 is 1.86 bits per heavy atom. The van der Waals surface area contributed by atoms with Crippen LogP contribution in [0.4, 0.5) is 5.69 Å². The van der Waals surface area contributed by atoms with E-state index in [1.54, 1.807) is 0 Å². The fourth-order valence-electron chi connectivity index (χ4n) is 2.76. The number of carbonyl (C=O) groups excluding carboxylic acids is 4. The number of hydrogen-bond donors (Lipinski definition) is 2. The fourth-order valence-corrected chi connectivity index (χ4v) is 2.76. The maximum absolute atomic E-state index is 12.6. The lowest BCUT2D eigenvalue weighted by Crippen LogP contribution is -2.54. The second-order valence-corrected chi connectivity index (χ2v) is 5.05. The number of methoxy groups -OCH3 is 1. The van der Waals surface area contributed by atoms with Crippen LogP contribution >= 0.6 is 0 Å².